The summed E-state index contributed by atoms with van der Waals surface area (Å²) < 4.78 is 5.73. The normalized spacial score (nSPS) is 37.5. The quantitative estimate of drug-likeness (QED) is 0.734. The molecular formula is C12H18N2O2S. The van der Waals surface area contributed by atoms with Crippen LogP contribution >= 0.6 is 12.2 Å². The van der Waals surface area contributed by atoms with Gasteiger partial charge in [0.15, 0.2) is 0 Å². The molecule has 3 N–H and O–H groups in total. The van der Waals surface area contributed by atoms with Crippen LogP contribution in [0.5, 0.6) is 0 Å². The van der Waals surface area contributed by atoms with Gasteiger partial charge in [-0.05, 0) is 32.1 Å². The second kappa shape index (κ2) is 3.92. The highest BCUT2D eigenvalue weighted by molar-refractivity contribution is 7.80. The van der Waals surface area contributed by atoms with Gasteiger partial charge >= 0.3 is 0 Å². The van der Waals surface area contributed by atoms with Crippen molar-refractivity contribution in [3.63, 3.8) is 0 Å². The predicted octanol–water partition coefficient (Wildman–Crippen LogP) is 0.879. The first kappa shape index (κ1) is 11.4. The first-order valence-corrected chi connectivity index (χ1v) is 6.79. The first-order valence-electron chi connectivity index (χ1n) is 6.38. The van der Waals surface area contributed by atoms with E-state index in [0.29, 0.717) is 11.1 Å². The van der Waals surface area contributed by atoms with Crippen LogP contribution in [0, 0.1) is 5.41 Å². The van der Waals surface area contributed by atoms with Gasteiger partial charge in [-0.1, -0.05) is 18.6 Å². The topological polar surface area (TPSA) is 64.4 Å². The standard InChI is InChI=1S/C12H18N2O2S/c13-10(17)12(4-1-5-12)11(15)14-8-6-7-2-3-9(8)16-7/h7-9H,1-6H2,(H2,13,17)(H,14,15). The van der Waals surface area contributed by atoms with E-state index in [0.717, 1.165) is 38.5 Å². The minimum Gasteiger partial charge on any atom is -0.392 e. The van der Waals surface area contributed by atoms with Crippen molar-refractivity contribution in [2.24, 2.45) is 11.1 Å². The molecule has 3 unspecified atom stereocenters. The number of ether oxygens (including phenoxy) is 1. The molecule has 0 aromatic carbocycles. The fourth-order valence-electron chi connectivity index (χ4n) is 3.21. The molecule has 0 radical (unpaired) electrons. The molecule has 1 amide bonds. The van der Waals surface area contributed by atoms with Crippen LogP contribution in [0.1, 0.15) is 38.5 Å². The Labute approximate surface area is 106 Å². The predicted molar refractivity (Wildman–Crippen MR) is 67.5 cm³/mol. The lowest BCUT2D eigenvalue weighted by Gasteiger charge is -2.40. The fraction of sp³-hybridized carbons (Fsp3) is 0.833. The summed E-state index contributed by atoms with van der Waals surface area (Å²) in [6.07, 6.45) is 6.36. The van der Waals surface area contributed by atoms with Crippen molar-refractivity contribution in [3.8, 4) is 0 Å². The maximum atomic E-state index is 12.3. The lowest BCUT2D eigenvalue weighted by molar-refractivity contribution is -0.132. The van der Waals surface area contributed by atoms with E-state index in [1.165, 1.54) is 0 Å². The summed E-state index contributed by atoms with van der Waals surface area (Å²) in [4.78, 5) is 12.6. The summed E-state index contributed by atoms with van der Waals surface area (Å²) in [7, 11) is 0. The van der Waals surface area contributed by atoms with Crippen molar-refractivity contribution in [2.75, 3.05) is 0 Å². The highest BCUT2D eigenvalue weighted by atomic mass is 32.1. The summed E-state index contributed by atoms with van der Waals surface area (Å²) >= 11 is 5.05. The van der Waals surface area contributed by atoms with Crippen LogP contribution < -0.4 is 11.1 Å². The summed E-state index contributed by atoms with van der Waals surface area (Å²) in [6.45, 7) is 0. The lowest BCUT2D eigenvalue weighted by atomic mass is 9.67. The van der Waals surface area contributed by atoms with E-state index in [1.54, 1.807) is 0 Å². The van der Waals surface area contributed by atoms with Crippen LogP contribution in [-0.2, 0) is 9.53 Å². The van der Waals surface area contributed by atoms with Gasteiger partial charge in [0.05, 0.1) is 28.7 Å². The van der Waals surface area contributed by atoms with Crippen LogP contribution in [0.2, 0.25) is 0 Å². The summed E-state index contributed by atoms with van der Waals surface area (Å²) in [5.41, 5.74) is 5.16. The van der Waals surface area contributed by atoms with E-state index in [-0.39, 0.29) is 18.1 Å². The lowest BCUT2D eigenvalue weighted by Crippen LogP contribution is -2.56. The maximum absolute atomic E-state index is 12.3. The van der Waals surface area contributed by atoms with Crippen molar-refractivity contribution in [2.45, 2.75) is 56.8 Å². The van der Waals surface area contributed by atoms with Gasteiger partial charge in [0.2, 0.25) is 5.91 Å². The number of amides is 1. The number of fused-ring (bicyclic) bond motifs is 2. The summed E-state index contributed by atoms with van der Waals surface area (Å²) in [5.74, 6) is 0.0254. The van der Waals surface area contributed by atoms with Crippen molar-refractivity contribution in [1.29, 1.82) is 0 Å². The molecule has 3 fully saturated rings. The van der Waals surface area contributed by atoms with Gasteiger partial charge in [0, 0.05) is 0 Å². The third-order valence-corrected chi connectivity index (χ3v) is 4.93. The van der Waals surface area contributed by atoms with Gasteiger partial charge in [0.25, 0.3) is 0 Å². The Balaban J connectivity index is 1.65. The van der Waals surface area contributed by atoms with E-state index >= 15 is 0 Å². The third kappa shape index (κ3) is 1.67. The molecule has 1 saturated carbocycles. The third-order valence-electron chi connectivity index (χ3n) is 4.54. The molecule has 4 nitrogen and oxygen atoms in total. The van der Waals surface area contributed by atoms with Crippen molar-refractivity contribution < 1.29 is 9.53 Å². The van der Waals surface area contributed by atoms with Crippen LogP contribution in [0.25, 0.3) is 0 Å². The van der Waals surface area contributed by atoms with Gasteiger partial charge in [-0.3, -0.25) is 4.79 Å². The van der Waals surface area contributed by atoms with E-state index in [2.05, 4.69) is 5.32 Å². The molecule has 0 aromatic rings. The number of thiocarbonyl (C=S) groups is 1. The number of carbonyl (C=O) groups excluding carboxylic acids is 1. The first-order chi connectivity index (χ1) is 8.12. The minimum absolute atomic E-state index is 0.0254. The number of nitrogens with two attached hydrogens (primary N) is 1. The van der Waals surface area contributed by atoms with E-state index in [1.807, 2.05) is 0 Å². The van der Waals surface area contributed by atoms with Crippen molar-refractivity contribution in [3.05, 3.63) is 0 Å². The Morgan fingerprint density at radius 1 is 1.41 bits per heavy atom. The van der Waals surface area contributed by atoms with Gasteiger partial charge in [0.1, 0.15) is 0 Å². The number of rotatable bonds is 3. The van der Waals surface area contributed by atoms with E-state index in [9.17, 15) is 4.79 Å². The van der Waals surface area contributed by atoms with Crippen LogP contribution in [0.15, 0.2) is 0 Å². The zero-order valence-corrected chi connectivity index (χ0v) is 10.6. The van der Waals surface area contributed by atoms with Crippen LogP contribution in [0.4, 0.5) is 0 Å². The van der Waals surface area contributed by atoms with Gasteiger partial charge < -0.3 is 15.8 Å². The molecule has 2 aliphatic heterocycles. The van der Waals surface area contributed by atoms with Gasteiger partial charge in [-0.2, -0.15) is 0 Å². The Bertz CT molecular complexity index is 368. The summed E-state index contributed by atoms with van der Waals surface area (Å²) in [6, 6.07) is 0.174. The molecule has 2 saturated heterocycles. The van der Waals surface area contributed by atoms with Crippen molar-refractivity contribution >= 4 is 23.1 Å². The Kier molecular flexibility index (Phi) is 2.63. The van der Waals surface area contributed by atoms with Crippen LogP contribution in [0.3, 0.4) is 0 Å². The molecule has 1 aliphatic carbocycles. The average molecular weight is 254 g/mol. The van der Waals surface area contributed by atoms with Gasteiger partial charge in [-0.15, -0.1) is 0 Å². The maximum Gasteiger partial charge on any atom is 0.233 e. The Morgan fingerprint density at radius 3 is 2.59 bits per heavy atom. The molecule has 2 bridgehead atoms. The number of hydrogen-bond donors (Lipinski definition) is 2. The molecule has 3 atom stereocenters. The molecule has 2 heterocycles. The van der Waals surface area contributed by atoms with E-state index in [4.69, 9.17) is 22.7 Å². The monoisotopic (exact) mass is 254 g/mol. The second-order valence-corrected chi connectivity index (χ2v) is 5.93. The second-order valence-electron chi connectivity index (χ2n) is 5.49. The largest absolute Gasteiger partial charge is 0.392 e. The summed E-state index contributed by atoms with van der Waals surface area (Å²) in [5, 5.41) is 3.10. The highest BCUT2D eigenvalue weighted by Gasteiger charge is 2.49. The Morgan fingerprint density at radius 2 is 2.18 bits per heavy atom. The zero-order chi connectivity index (χ0) is 12.0. The molecule has 5 heteroatoms. The van der Waals surface area contributed by atoms with Crippen molar-refractivity contribution in [1.82, 2.24) is 5.32 Å². The van der Waals surface area contributed by atoms with E-state index < -0.39 is 5.41 Å². The van der Waals surface area contributed by atoms with Crippen LogP contribution in [-0.4, -0.2) is 29.1 Å². The molecule has 3 rings (SSSR count). The number of carbonyl (C=O) groups is 1. The highest BCUT2D eigenvalue weighted by Crippen LogP contribution is 2.42. The molecule has 94 valence electrons. The molecule has 0 spiro atoms. The average Bonchev–Trinajstić information content (AvgIpc) is 2.75. The zero-order valence-electron chi connectivity index (χ0n) is 9.78. The smallest absolute Gasteiger partial charge is 0.233 e. The molecular weight excluding hydrogens is 236 g/mol. The Hall–Kier alpha value is -0.680. The SMILES string of the molecule is NC(=S)C1(C(=O)NC2CC3CCC2O3)CCC1. The molecule has 17 heavy (non-hydrogen) atoms. The number of hydrogen-bond acceptors (Lipinski definition) is 3. The fourth-order valence-corrected chi connectivity index (χ4v) is 3.51. The minimum atomic E-state index is -0.558. The number of nitrogens with one attached hydrogen (secondary N) is 1. The molecule has 0 aromatic heterocycles. The molecule has 3 aliphatic rings. The van der Waals surface area contributed by atoms with Gasteiger partial charge in [-0.25, -0.2) is 0 Å².